The molecule has 6 nitrogen and oxygen atoms in total. The van der Waals surface area contributed by atoms with Crippen molar-refractivity contribution in [2.24, 2.45) is 0 Å². The third-order valence-corrected chi connectivity index (χ3v) is 5.40. The molecule has 2 N–H and O–H groups in total. The minimum atomic E-state index is -3.61. The fourth-order valence-corrected chi connectivity index (χ4v) is 4.05. The molecular weight excluding hydrogens is 324 g/mol. The van der Waals surface area contributed by atoms with Crippen LogP contribution >= 0.6 is 11.6 Å². The number of rotatable bonds is 6. The van der Waals surface area contributed by atoms with Crippen LogP contribution in [0.1, 0.15) is 12.0 Å². The van der Waals surface area contributed by atoms with E-state index in [9.17, 15) is 8.42 Å². The molecule has 0 aliphatic carbocycles. The molecule has 1 aliphatic rings. The minimum Gasteiger partial charge on any atom is -0.384 e. The summed E-state index contributed by atoms with van der Waals surface area (Å²) >= 11 is 5.63. The van der Waals surface area contributed by atoms with Gasteiger partial charge in [-0.25, -0.2) is 13.1 Å². The predicted octanol–water partition coefficient (Wildman–Crippen LogP) is 1.48. The Bertz CT molecular complexity index is 672. The highest BCUT2D eigenvalue weighted by atomic mass is 35.5. The van der Waals surface area contributed by atoms with Crippen molar-refractivity contribution in [2.45, 2.75) is 24.3 Å². The molecule has 1 aromatic rings. The number of sulfonamides is 1. The van der Waals surface area contributed by atoms with Crippen molar-refractivity contribution >= 4 is 27.3 Å². The van der Waals surface area contributed by atoms with Crippen LogP contribution in [0.3, 0.4) is 0 Å². The topological polar surface area (TPSA) is 85.2 Å². The van der Waals surface area contributed by atoms with Gasteiger partial charge in [0.1, 0.15) is 0 Å². The van der Waals surface area contributed by atoms with Crippen molar-refractivity contribution in [1.29, 1.82) is 5.26 Å². The molecule has 1 atom stereocenters. The largest absolute Gasteiger partial charge is 0.384 e. The van der Waals surface area contributed by atoms with Gasteiger partial charge in [-0.15, -0.1) is 11.6 Å². The molecule has 0 bridgehead atoms. The Morgan fingerprint density at radius 2 is 2.27 bits per heavy atom. The van der Waals surface area contributed by atoms with E-state index in [1.54, 1.807) is 24.0 Å². The van der Waals surface area contributed by atoms with Gasteiger partial charge in [0.25, 0.3) is 0 Å². The molecule has 8 heteroatoms. The van der Waals surface area contributed by atoms with Crippen LogP contribution in [-0.4, -0.2) is 44.9 Å². The molecule has 2 rings (SSSR count). The highest BCUT2D eigenvalue weighted by Crippen LogP contribution is 2.21. The van der Waals surface area contributed by atoms with Crippen molar-refractivity contribution in [3.05, 3.63) is 23.8 Å². The Kier molecular flexibility index (Phi) is 5.51. The highest BCUT2D eigenvalue weighted by molar-refractivity contribution is 7.89. The summed E-state index contributed by atoms with van der Waals surface area (Å²) in [7, 11) is -3.61. The van der Waals surface area contributed by atoms with Crippen LogP contribution in [0.5, 0.6) is 0 Å². The number of hydrogen-bond acceptors (Lipinski definition) is 5. The molecule has 22 heavy (non-hydrogen) atoms. The molecule has 0 amide bonds. The summed E-state index contributed by atoms with van der Waals surface area (Å²) in [6.07, 6.45) is 2.67. The average molecular weight is 343 g/mol. The summed E-state index contributed by atoms with van der Waals surface area (Å²) in [6, 6.07) is 4.97. The Morgan fingerprint density at radius 1 is 1.50 bits per heavy atom. The molecule has 1 fully saturated rings. The van der Waals surface area contributed by atoms with Crippen LogP contribution in [0.25, 0.3) is 0 Å². The summed E-state index contributed by atoms with van der Waals surface area (Å²) < 4.78 is 27.8. The lowest BCUT2D eigenvalue weighted by molar-refractivity contribution is 0.470. The number of likely N-dealkylation sites (tertiary alicyclic amines) is 1. The van der Waals surface area contributed by atoms with Crippen molar-refractivity contribution in [3.63, 3.8) is 0 Å². The number of hydrogen-bond donors (Lipinski definition) is 2. The summed E-state index contributed by atoms with van der Waals surface area (Å²) in [4.78, 5) is 1.81. The molecule has 1 unspecified atom stereocenters. The van der Waals surface area contributed by atoms with E-state index in [0.29, 0.717) is 37.5 Å². The summed E-state index contributed by atoms with van der Waals surface area (Å²) in [5.41, 5.74) is 1.40. The zero-order valence-electron chi connectivity index (χ0n) is 12.3. The van der Waals surface area contributed by atoms with Crippen LogP contribution < -0.4 is 10.0 Å². The van der Waals surface area contributed by atoms with Crippen molar-refractivity contribution < 1.29 is 8.42 Å². The van der Waals surface area contributed by atoms with Gasteiger partial charge in [0.2, 0.25) is 10.0 Å². The maximum Gasteiger partial charge on any atom is 0.241 e. The Hall–Kier alpha value is -1.49. The number of nitrogens with one attached hydrogen (secondary N) is 2. The van der Waals surface area contributed by atoms with Crippen molar-refractivity contribution in [2.75, 3.05) is 30.8 Å². The van der Waals surface area contributed by atoms with Crippen LogP contribution in [-0.2, 0) is 10.0 Å². The van der Waals surface area contributed by atoms with Gasteiger partial charge in [0, 0.05) is 37.2 Å². The molecule has 1 aromatic carbocycles. The summed E-state index contributed by atoms with van der Waals surface area (Å²) in [5.74, 6) is 0.445. The Balaban J connectivity index is 2.16. The standard InChI is InChI=1S/C14H19ClN4O2S/c1-11-2-3-12(17-6-5-15)8-14(11)22(20,21)18-13-4-7-19(9-13)10-16/h2-3,8,13,17-18H,4-7,9H2,1H3. The first-order valence-electron chi connectivity index (χ1n) is 7.04. The maximum absolute atomic E-state index is 12.6. The SMILES string of the molecule is Cc1ccc(NCCCl)cc1S(=O)(=O)NC1CCN(C#N)C1. The number of alkyl halides is 1. The number of nitrogens with zero attached hydrogens (tertiary/aromatic N) is 2. The normalized spacial score (nSPS) is 18.2. The molecule has 1 saturated heterocycles. The summed E-state index contributed by atoms with van der Waals surface area (Å²) in [6.45, 7) is 3.33. The molecule has 1 aliphatic heterocycles. The van der Waals surface area contributed by atoms with E-state index in [2.05, 4.69) is 10.0 Å². The second kappa shape index (κ2) is 7.18. The van der Waals surface area contributed by atoms with E-state index in [0.717, 1.165) is 5.69 Å². The molecule has 0 radical (unpaired) electrons. The number of halogens is 1. The van der Waals surface area contributed by atoms with Crippen LogP contribution in [0.15, 0.2) is 23.1 Å². The lowest BCUT2D eigenvalue weighted by Crippen LogP contribution is -2.36. The minimum absolute atomic E-state index is 0.233. The fourth-order valence-electron chi connectivity index (χ4n) is 2.42. The third-order valence-electron chi connectivity index (χ3n) is 3.55. The number of anilines is 1. The fraction of sp³-hybridized carbons (Fsp3) is 0.500. The van der Waals surface area contributed by atoms with Crippen LogP contribution in [0.4, 0.5) is 5.69 Å². The number of benzene rings is 1. The smallest absolute Gasteiger partial charge is 0.241 e. The Labute approximate surface area is 136 Å². The first-order valence-corrected chi connectivity index (χ1v) is 9.05. The first-order chi connectivity index (χ1) is 10.5. The zero-order chi connectivity index (χ0) is 16.2. The van der Waals surface area contributed by atoms with Crippen molar-refractivity contribution in [1.82, 2.24) is 9.62 Å². The van der Waals surface area contributed by atoms with E-state index >= 15 is 0 Å². The molecule has 0 saturated carbocycles. The van der Waals surface area contributed by atoms with Gasteiger partial charge in [-0.3, -0.25) is 0 Å². The van der Waals surface area contributed by atoms with Crippen LogP contribution in [0, 0.1) is 18.4 Å². The predicted molar refractivity (Wildman–Crippen MR) is 86.3 cm³/mol. The average Bonchev–Trinajstić information content (AvgIpc) is 2.93. The summed E-state index contributed by atoms with van der Waals surface area (Å²) in [5, 5.41) is 11.9. The zero-order valence-corrected chi connectivity index (χ0v) is 13.9. The molecule has 120 valence electrons. The van der Waals surface area contributed by atoms with Gasteiger partial charge in [0.05, 0.1) is 4.90 Å². The lowest BCUT2D eigenvalue weighted by atomic mass is 10.2. The first kappa shape index (κ1) is 16.9. The van der Waals surface area contributed by atoms with Gasteiger partial charge >= 0.3 is 0 Å². The monoisotopic (exact) mass is 342 g/mol. The van der Waals surface area contributed by atoms with Gasteiger partial charge in [-0.2, -0.15) is 5.26 Å². The molecule has 1 heterocycles. The quantitative estimate of drug-likeness (QED) is 0.604. The molecule has 0 aromatic heterocycles. The maximum atomic E-state index is 12.6. The molecular formula is C14H19ClN4O2S. The number of aryl methyl sites for hydroxylation is 1. The van der Waals surface area contributed by atoms with E-state index in [4.69, 9.17) is 16.9 Å². The molecule has 0 spiro atoms. The van der Waals surface area contributed by atoms with Crippen molar-refractivity contribution in [3.8, 4) is 6.19 Å². The Morgan fingerprint density at radius 3 is 2.91 bits per heavy atom. The lowest BCUT2D eigenvalue weighted by Gasteiger charge is -2.15. The van der Waals surface area contributed by atoms with Gasteiger partial charge in [-0.1, -0.05) is 6.07 Å². The van der Waals surface area contributed by atoms with E-state index in [-0.39, 0.29) is 10.9 Å². The van der Waals surface area contributed by atoms with E-state index in [1.165, 1.54) is 0 Å². The van der Waals surface area contributed by atoms with E-state index in [1.807, 2.05) is 12.3 Å². The van der Waals surface area contributed by atoms with Gasteiger partial charge in [0.15, 0.2) is 6.19 Å². The third kappa shape index (κ3) is 4.03. The van der Waals surface area contributed by atoms with Gasteiger partial charge in [-0.05, 0) is 31.0 Å². The van der Waals surface area contributed by atoms with E-state index < -0.39 is 10.0 Å². The van der Waals surface area contributed by atoms with Crippen LogP contribution in [0.2, 0.25) is 0 Å². The van der Waals surface area contributed by atoms with Gasteiger partial charge < -0.3 is 10.2 Å². The second-order valence-electron chi connectivity index (χ2n) is 5.25. The highest BCUT2D eigenvalue weighted by Gasteiger charge is 2.27. The number of nitriles is 1. The second-order valence-corrected chi connectivity index (χ2v) is 7.31.